The van der Waals surface area contributed by atoms with Crippen molar-refractivity contribution >= 4 is 11.5 Å². The van der Waals surface area contributed by atoms with Gasteiger partial charge in [0.1, 0.15) is 12.0 Å². The van der Waals surface area contributed by atoms with Crippen LogP contribution in [-0.2, 0) is 0 Å². The van der Waals surface area contributed by atoms with Crippen LogP contribution in [0.25, 0.3) is 0 Å². The molecule has 0 unspecified atom stereocenters. The topological polar surface area (TPSA) is 73.1 Å². The zero-order chi connectivity index (χ0) is 13.0. The molecule has 0 radical (unpaired) electrons. The second kappa shape index (κ2) is 5.42. The summed E-state index contributed by atoms with van der Waals surface area (Å²) in [6.07, 6.45) is 6.66. The van der Waals surface area contributed by atoms with Crippen molar-refractivity contribution in [2.24, 2.45) is 5.41 Å². The fraction of sp³-hybridized carbons (Fsp3) is 0.692. The third-order valence-corrected chi connectivity index (χ3v) is 3.62. The molecule has 0 saturated heterocycles. The fourth-order valence-corrected chi connectivity index (χ4v) is 2.47. The summed E-state index contributed by atoms with van der Waals surface area (Å²) in [5, 5.41) is 3.34. The summed E-state index contributed by atoms with van der Waals surface area (Å²) in [6.45, 7) is 5.68. The number of rotatable bonds is 5. The van der Waals surface area contributed by atoms with Crippen LogP contribution in [0, 0.1) is 5.41 Å². The van der Waals surface area contributed by atoms with Crippen LogP contribution >= 0.6 is 0 Å². The van der Waals surface area contributed by atoms with Gasteiger partial charge in [0, 0.05) is 6.54 Å². The molecule has 0 aromatic carbocycles. The SMILES string of the molecule is CCOc1ncnc(NCC2(C)CCCC2)c1N. The molecule has 1 saturated carbocycles. The molecule has 1 fully saturated rings. The van der Waals surface area contributed by atoms with E-state index < -0.39 is 0 Å². The third kappa shape index (κ3) is 2.83. The van der Waals surface area contributed by atoms with E-state index in [0.717, 1.165) is 6.54 Å². The minimum Gasteiger partial charge on any atom is -0.476 e. The van der Waals surface area contributed by atoms with Gasteiger partial charge >= 0.3 is 0 Å². The summed E-state index contributed by atoms with van der Waals surface area (Å²) < 4.78 is 5.36. The molecule has 1 aliphatic rings. The Morgan fingerprint density at radius 3 is 2.78 bits per heavy atom. The zero-order valence-corrected chi connectivity index (χ0v) is 11.2. The number of hydrogen-bond donors (Lipinski definition) is 2. The maximum absolute atomic E-state index is 5.98. The molecule has 0 aliphatic heterocycles. The standard InChI is InChI=1S/C13H22N4O/c1-3-18-12-10(14)11(16-9-17-12)15-8-13(2)6-4-5-7-13/h9H,3-8,14H2,1-2H3,(H,15,16,17). The zero-order valence-electron chi connectivity index (χ0n) is 11.2. The predicted octanol–water partition coefficient (Wildman–Crippen LogP) is 2.45. The van der Waals surface area contributed by atoms with Crippen LogP contribution in [0.3, 0.4) is 0 Å². The van der Waals surface area contributed by atoms with E-state index in [2.05, 4.69) is 22.2 Å². The molecule has 2 rings (SSSR count). The van der Waals surface area contributed by atoms with Gasteiger partial charge in [-0.25, -0.2) is 4.98 Å². The molecule has 5 heteroatoms. The first-order valence-electron chi connectivity index (χ1n) is 6.62. The molecule has 1 heterocycles. The Bertz CT molecular complexity index is 402. The van der Waals surface area contributed by atoms with Crippen molar-refractivity contribution in [3.63, 3.8) is 0 Å². The van der Waals surface area contributed by atoms with E-state index in [4.69, 9.17) is 10.5 Å². The highest BCUT2D eigenvalue weighted by Gasteiger charge is 2.28. The first-order valence-corrected chi connectivity index (χ1v) is 6.62. The first kappa shape index (κ1) is 12.9. The minimum absolute atomic E-state index is 0.364. The Kier molecular flexibility index (Phi) is 3.89. The monoisotopic (exact) mass is 250 g/mol. The summed E-state index contributed by atoms with van der Waals surface area (Å²) in [5.74, 6) is 1.15. The molecule has 18 heavy (non-hydrogen) atoms. The average Bonchev–Trinajstić information content (AvgIpc) is 2.78. The highest BCUT2D eigenvalue weighted by molar-refractivity contribution is 5.66. The highest BCUT2D eigenvalue weighted by Crippen LogP contribution is 2.38. The largest absolute Gasteiger partial charge is 0.476 e. The van der Waals surface area contributed by atoms with E-state index in [-0.39, 0.29) is 0 Å². The quantitative estimate of drug-likeness (QED) is 0.839. The van der Waals surface area contributed by atoms with Crippen LogP contribution in [0.2, 0.25) is 0 Å². The lowest BCUT2D eigenvalue weighted by Crippen LogP contribution is -2.24. The van der Waals surface area contributed by atoms with Crippen molar-refractivity contribution in [1.82, 2.24) is 9.97 Å². The number of nitrogens with zero attached hydrogens (tertiary/aromatic N) is 2. The fourth-order valence-electron chi connectivity index (χ4n) is 2.47. The van der Waals surface area contributed by atoms with Gasteiger partial charge in [-0.15, -0.1) is 0 Å². The van der Waals surface area contributed by atoms with E-state index in [9.17, 15) is 0 Å². The summed E-state index contributed by atoms with van der Waals surface area (Å²) in [6, 6.07) is 0. The Morgan fingerprint density at radius 1 is 1.39 bits per heavy atom. The van der Waals surface area contributed by atoms with E-state index in [1.807, 2.05) is 6.92 Å². The number of anilines is 2. The summed E-state index contributed by atoms with van der Waals surface area (Å²) >= 11 is 0. The lowest BCUT2D eigenvalue weighted by Gasteiger charge is -2.24. The lowest BCUT2D eigenvalue weighted by atomic mass is 9.89. The number of aromatic nitrogens is 2. The van der Waals surface area contributed by atoms with Crippen molar-refractivity contribution in [2.75, 3.05) is 24.2 Å². The van der Waals surface area contributed by atoms with Crippen LogP contribution in [0.15, 0.2) is 6.33 Å². The molecule has 1 aliphatic carbocycles. The molecular formula is C13H22N4O. The number of nitrogen functional groups attached to an aromatic ring is 1. The number of ether oxygens (including phenoxy) is 1. The normalized spacial score (nSPS) is 17.7. The number of nitrogens with two attached hydrogens (primary N) is 1. The predicted molar refractivity (Wildman–Crippen MR) is 72.7 cm³/mol. The Morgan fingerprint density at radius 2 is 2.11 bits per heavy atom. The van der Waals surface area contributed by atoms with Crippen LogP contribution in [0.4, 0.5) is 11.5 Å². The van der Waals surface area contributed by atoms with Crippen LogP contribution in [0.1, 0.15) is 39.5 Å². The van der Waals surface area contributed by atoms with Gasteiger partial charge in [-0.1, -0.05) is 19.8 Å². The molecule has 1 aromatic heterocycles. The third-order valence-electron chi connectivity index (χ3n) is 3.62. The van der Waals surface area contributed by atoms with Gasteiger partial charge in [-0.2, -0.15) is 4.98 Å². The second-order valence-corrected chi connectivity index (χ2v) is 5.25. The minimum atomic E-state index is 0.364. The van der Waals surface area contributed by atoms with E-state index in [0.29, 0.717) is 29.4 Å². The van der Waals surface area contributed by atoms with Crippen molar-refractivity contribution in [3.05, 3.63) is 6.33 Å². The lowest BCUT2D eigenvalue weighted by molar-refractivity contribution is 0.328. The highest BCUT2D eigenvalue weighted by atomic mass is 16.5. The van der Waals surface area contributed by atoms with Gasteiger partial charge < -0.3 is 15.8 Å². The molecule has 0 atom stereocenters. The van der Waals surface area contributed by atoms with Gasteiger partial charge in [0.2, 0.25) is 5.88 Å². The van der Waals surface area contributed by atoms with Crippen LogP contribution < -0.4 is 15.8 Å². The van der Waals surface area contributed by atoms with Crippen LogP contribution in [-0.4, -0.2) is 23.1 Å². The molecule has 0 amide bonds. The molecule has 5 nitrogen and oxygen atoms in total. The molecule has 0 spiro atoms. The molecule has 3 N–H and O–H groups in total. The van der Waals surface area contributed by atoms with Gasteiger partial charge in [0.05, 0.1) is 6.61 Å². The number of nitrogens with one attached hydrogen (secondary N) is 1. The number of hydrogen-bond acceptors (Lipinski definition) is 5. The van der Waals surface area contributed by atoms with E-state index in [1.165, 1.54) is 32.0 Å². The summed E-state index contributed by atoms with van der Waals surface area (Å²) in [7, 11) is 0. The molecule has 0 bridgehead atoms. The van der Waals surface area contributed by atoms with Crippen molar-refractivity contribution in [1.29, 1.82) is 0 Å². The summed E-state index contributed by atoms with van der Waals surface area (Å²) in [4.78, 5) is 8.21. The first-order chi connectivity index (χ1) is 8.64. The average molecular weight is 250 g/mol. The van der Waals surface area contributed by atoms with E-state index >= 15 is 0 Å². The molecule has 100 valence electrons. The Hall–Kier alpha value is -1.52. The molecule has 1 aromatic rings. The van der Waals surface area contributed by atoms with Crippen molar-refractivity contribution in [2.45, 2.75) is 39.5 Å². The maximum Gasteiger partial charge on any atom is 0.242 e. The van der Waals surface area contributed by atoms with Crippen molar-refractivity contribution < 1.29 is 4.74 Å². The molecular weight excluding hydrogens is 228 g/mol. The van der Waals surface area contributed by atoms with Gasteiger partial charge in [0.15, 0.2) is 5.82 Å². The van der Waals surface area contributed by atoms with Crippen molar-refractivity contribution in [3.8, 4) is 5.88 Å². The second-order valence-electron chi connectivity index (χ2n) is 5.25. The summed E-state index contributed by atoms with van der Waals surface area (Å²) in [5.41, 5.74) is 6.85. The van der Waals surface area contributed by atoms with E-state index in [1.54, 1.807) is 0 Å². The maximum atomic E-state index is 5.98. The Balaban J connectivity index is 2.02. The van der Waals surface area contributed by atoms with Gasteiger partial charge in [0.25, 0.3) is 0 Å². The van der Waals surface area contributed by atoms with Gasteiger partial charge in [-0.3, -0.25) is 0 Å². The van der Waals surface area contributed by atoms with Gasteiger partial charge in [-0.05, 0) is 25.2 Å². The Labute approximate surface area is 108 Å². The van der Waals surface area contributed by atoms with Crippen LogP contribution in [0.5, 0.6) is 5.88 Å². The smallest absolute Gasteiger partial charge is 0.242 e.